The second kappa shape index (κ2) is 9.29. The van der Waals surface area contributed by atoms with E-state index in [1.165, 1.54) is 25.3 Å². The summed E-state index contributed by atoms with van der Waals surface area (Å²) in [5.41, 5.74) is -0.848. The molecule has 4 amide bonds. The highest BCUT2D eigenvalue weighted by atomic mass is 19.4. The molecule has 3 aliphatic rings. The number of fused-ring (bicyclic) bond motifs is 4. The molecule has 1 N–H and O–H groups in total. The van der Waals surface area contributed by atoms with Crippen molar-refractivity contribution < 1.29 is 32.3 Å². The molecule has 6 rings (SSSR count). The molecule has 206 valence electrons. The van der Waals surface area contributed by atoms with Gasteiger partial charge in [0.2, 0.25) is 5.91 Å². The summed E-state index contributed by atoms with van der Waals surface area (Å²) < 4.78 is 46.2. The Morgan fingerprint density at radius 3 is 2.33 bits per heavy atom. The first-order valence-electron chi connectivity index (χ1n) is 12.7. The van der Waals surface area contributed by atoms with Crippen LogP contribution in [-0.2, 0) is 22.2 Å². The first-order chi connectivity index (χ1) is 19.1. The zero-order valence-corrected chi connectivity index (χ0v) is 21.4. The van der Waals surface area contributed by atoms with Crippen LogP contribution >= 0.6 is 0 Å². The molecule has 0 unspecified atom stereocenters. The number of hydrogen-bond acceptors (Lipinski definition) is 6. The number of methoxy groups -OCH3 is 1. The molecule has 3 aromatic carbocycles. The standard InChI is InChI=1S/C29H25F3N4O4/c1-40-22-10-8-21(9-11-22)36-26(38)28(25(37)33-27(36)39)16-18-15-19(29(30,31)32)7-12-23(18)35-14-13-34(17-24(28)35)20-5-3-2-4-6-20/h2-12,15,24H,13-14,16-17H2,1H3,(H,33,37,39)/t24-,28+/m0/s1. The molecule has 2 fully saturated rings. The first-order valence-corrected chi connectivity index (χ1v) is 12.7. The van der Waals surface area contributed by atoms with E-state index in [4.69, 9.17) is 4.74 Å². The highest BCUT2D eigenvalue weighted by molar-refractivity contribution is 6.30. The monoisotopic (exact) mass is 550 g/mol. The molecule has 0 saturated carbocycles. The number of halogens is 3. The molecule has 3 aromatic rings. The Hall–Kier alpha value is -4.54. The third-order valence-electron chi connectivity index (χ3n) is 8.00. The van der Waals surface area contributed by atoms with Crippen molar-refractivity contribution in [1.29, 1.82) is 0 Å². The highest BCUT2D eigenvalue weighted by Gasteiger charge is 2.63. The van der Waals surface area contributed by atoms with Gasteiger partial charge in [0.05, 0.1) is 24.4 Å². The number of alkyl halides is 3. The van der Waals surface area contributed by atoms with Gasteiger partial charge in [0.15, 0.2) is 5.41 Å². The van der Waals surface area contributed by atoms with Gasteiger partial charge in [0, 0.05) is 31.0 Å². The van der Waals surface area contributed by atoms with Crippen molar-refractivity contribution in [2.24, 2.45) is 5.41 Å². The average Bonchev–Trinajstić information content (AvgIpc) is 2.95. The number of nitrogens with one attached hydrogen (secondary N) is 1. The van der Waals surface area contributed by atoms with Gasteiger partial charge in [-0.3, -0.25) is 14.9 Å². The predicted molar refractivity (Wildman–Crippen MR) is 141 cm³/mol. The second-order valence-electron chi connectivity index (χ2n) is 10.1. The normalized spacial score (nSPS) is 22.6. The maximum atomic E-state index is 14.4. The van der Waals surface area contributed by atoms with Crippen molar-refractivity contribution in [2.75, 3.05) is 41.4 Å². The number of rotatable bonds is 3. The number of barbiturate groups is 1. The van der Waals surface area contributed by atoms with Crippen molar-refractivity contribution in [3.63, 3.8) is 0 Å². The van der Waals surface area contributed by atoms with Crippen molar-refractivity contribution in [3.05, 3.63) is 83.9 Å². The molecular formula is C29H25F3N4O4. The van der Waals surface area contributed by atoms with Gasteiger partial charge in [-0.2, -0.15) is 13.2 Å². The lowest BCUT2D eigenvalue weighted by Crippen LogP contribution is -2.75. The van der Waals surface area contributed by atoms with E-state index >= 15 is 0 Å². The average molecular weight is 551 g/mol. The summed E-state index contributed by atoms with van der Waals surface area (Å²) >= 11 is 0. The topological polar surface area (TPSA) is 82.2 Å². The quantitative estimate of drug-likeness (QED) is 0.492. The van der Waals surface area contributed by atoms with Crippen LogP contribution in [0.4, 0.5) is 35.0 Å². The number of hydrogen-bond donors (Lipinski definition) is 1. The Kier molecular flexibility index (Phi) is 5.97. The number of urea groups is 1. The maximum absolute atomic E-state index is 14.4. The molecule has 1 spiro atoms. The molecule has 8 nitrogen and oxygen atoms in total. The zero-order chi connectivity index (χ0) is 28.2. The Morgan fingerprint density at radius 1 is 0.925 bits per heavy atom. The van der Waals surface area contributed by atoms with Gasteiger partial charge in [0.25, 0.3) is 5.91 Å². The lowest BCUT2D eigenvalue weighted by molar-refractivity contribution is -0.144. The third-order valence-corrected chi connectivity index (χ3v) is 8.00. The van der Waals surface area contributed by atoms with E-state index in [1.807, 2.05) is 40.1 Å². The van der Waals surface area contributed by atoms with E-state index in [1.54, 1.807) is 12.1 Å². The smallest absolute Gasteiger partial charge is 0.416 e. The van der Waals surface area contributed by atoms with Crippen LogP contribution < -0.4 is 24.8 Å². The summed E-state index contributed by atoms with van der Waals surface area (Å²) in [6, 6.07) is 17.5. The Bertz CT molecular complexity index is 1500. The number of piperazine rings is 1. The largest absolute Gasteiger partial charge is 0.497 e. The van der Waals surface area contributed by atoms with Gasteiger partial charge >= 0.3 is 12.2 Å². The van der Waals surface area contributed by atoms with Gasteiger partial charge in [-0.05, 0) is 66.6 Å². The SMILES string of the molecule is COc1ccc(N2C(=O)NC(=O)[C@]3(Cc4cc(C(F)(F)F)ccc4N4CCN(c5ccccc5)C[C@H]43)C2=O)cc1. The zero-order valence-electron chi connectivity index (χ0n) is 21.4. The fraction of sp³-hybridized carbons (Fsp3) is 0.276. The minimum atomic E-state index is -4.60. The maximum Gasteiger partial charge on any atom is 0.416 e. The number of imide groups is 2. The number of ether oxygens (including phenoxy) is 1. The summed E-state index contributed by atoms with van der Waals surface area (Å²) in [7, 11) is 1.48. The van der Waals surface area contributed by atoms with Crippen LogP contribution in [0.5, 0.6) is 5.75 Å². The van der Waals surface area contributed by atoms with Gasteiger partial charge in [-0.15, -0.1) is 0 Å². The molecule has 0 aliphatic carbocycles. The van der Waals surface area contributed by atoms with E-state index in [2.05, 4.69) is 5.32 Å². The molecule has 11 heteroatoms. The van der Waals surface area contributed by atoms with E-state index in [-0.39, 0.29) is 24.2 Å². The molecular weight excluding hydrogens is 525 g/mol. The van der Waals surface area contributed by atoms with E-state index in [9.17, 15) is 27.6 Å². The first kappa shape index (κ1) is 25.7. The van der Waals surface area contributed by atoms with Crippen LogP contribution in [0.3, 0.4) is 0 Å². The number of anilines is 3. The minimum Gasteiger partial charge on any atom is -0.497 e. The fourth-order valence-electron chi connectivity index (χ4n) is 6.04. The molecule has 3 heterocycles. The lowest BCUT2D eigenvalue weighted by atomic mass is 9.67. The minimum absolute atomic E-state index is 0.215. The van der Waals surface area contributed by atoms with E-state index in [0.717, 1.165) is 22.7 Å². The summed E-state index contributed by atoms with van der Waals surface area (Å²) in [6.45, 7) is 1.12. The predicted octanol–water partition coefficient (Wildman–Crippen LogP) is 4.23. The van der Waals surface area contributed by atoms with Crippen LogP contribution in [0, 0.1) is 5.41 Å². The van der Waals surface area contributed by atoms with E-state index < -0.39 is 41.0 Å². The summed E-state index contributed by atoms with van der Waals surface area (Å²) in [4.78, 5) is 46.0. The fourth-order valence-corrected chi connectivity index (χ4v) is 6.04. The van der Waals surface area contributed by atoms with Crippen LogP contribution in [0.25, 0.3) is 0 Å². The van der Waals surface area contributed by atoms with Gasteiger partial charge in [0.1, 0.15) is 5.75 Å². The highest BCUT2D eigenvalue weighted by Crippen LogP contribution is 2.48. The van der Waals surface area contributed by atoms with Gasteiger partial charge in [-0.25, -0.2) is 9.69 Å². The van der Waals surface area contributed by atoms with Crippen molar-refractivity contribution >= 4 is 34.9 Å². The summed E-state index contributed by atoms with van der Waals surface area (Å²) in [5, 5.41) is 2.34. The number of benzene rings is 3. The van der Waals surface area contributed by atoms with Gasteiger partial charge in [-0.1, -0.05) is 18.2 Å². The Balaban J connectivity index is 1.49. The van der Waals surface area contributed by atoms with Crippen LogP contribution in [0.15, 0.2) is 72.8 Å². The second-order valence-corrected chi connectivity index (χ2v) is 10.1. The molecule has 0 bridgehead atoms. The lowest BCUT2D eigenvalue weighted by Gasteiger charge is -2.55. The van der Waals surface area contributed by atoms with Crippen LogP contribution in [0.2, 0.25) is 0 Å². The van der Waals surface area contributed by atoms with Crippen molar-refractivity contribution in [3.8, 4) is 5.75 Å². The van der Waals surface area contributed by atoms with Crippen LogP contribution in [0.1, 0.15) is 11.1 Å². The number of amides is 4. The molecule has 0 radical (unpaired) electrons. The van der Waals surface area contributed by atoms with Crippen molar-refractivity contribution in [1.82, 2.24) is 5.32 Å². The third kappa shape index (κ3) is 3.95. The number of nitrogens with zero attached hydrogens (tertiary/aromatic N) is 3. The van der Waals surface area contributed by atoms with Gasteiger partial charge < -0.3 is 14.5 Å². The van der Waals surface area contributed by atoms with Crippen LogP contribution in [-0.4, -0.2) is 50.6 Å². The molecule has 40 heavy (non-hydrogen) atoms. The number of carbonyl (C=O) groups is 3. The van der Waals surface area contributed by atoms with Crippen molar-refractivity contribution in [2.45, 2.75) is 18.6 Å². The molecule has 0 aromatic heterocycles. The molecule has 3 aliphatic heterocycles. The summed E-state index contributed by atoms with van der Waals surface area (Å²) in [5.74, 6) is -1.10. The van der Waals surface area contributed by atoms with E-state index in [0.29, 0.717) is 24.5 Å². The molecule has 2 saturated heterocycles. The number of carbonyl (C=O) groups excluding carboxylic acids is 3. The molecule has 2 atom stereocenters. The Morgan fingerprint density at radius 2 is 1.65 bits per heavy atom. The Labute approximate surface area is 227 Å². The summed E-state index contributed by atoms with van der Waals surface area (Å²) in [6.07, 6.45) is -4.89. The number of para-hydroxylation sites is 1.